The summed E-state index contributed by atoms with van der Waals surface area (Å²) in [5, 5.41) is 9.86. The maximum absolute atomic E-state index is 12.7. The standard InChI is InChI=1S/C21H21N5O5/c1-29-13-6-4-12(5-7-13)19-23-21-24-20(28)16(26(21)25-19)11-18(27)22-15-10-14(30-2)8-9-17(15)31-3/h4-10,16H,11H2,1-3H3,(H,22,27)(H,23,24,25,28). The number of rotatable bonds is 7. The van der Waals surface area contributed by atoms with Gasteiger partial charge in [-0.3, -0.25) is 14.9 Å². The summed E-state index contributed by atoms with van der Waals surface area (Å²) in [4.78, 5) is 29.4. The highest BCUT2D eigenvalue weighted by atomic mass is 16.5. The number of methoxy groups -OCH3 is 3. The van der Waals surface area contributed by atoms with Gasteiger partial charge in [-0.1, -0.05) is 0 Å². The minimum Gasteiger partial charge on any atom is -0.497 e. The van der Waals surface area contributed by atoms with Gasteiger partial charge in [0.1, 0.15) is 23.3 Å². The molecule has 1 aliphatic rings. The fraction of sp³-hybridized carbons (Fsp3) is 0.238. The number of fused-ring (bicyclic) bond motifs is 1. The van der Waals surface area contributed by atoms with Crippen LogP contribution in [0.3, 0.4) is 0 Å². The smallest absolute Gasteiger partial charge is 0.252 e. The van der Waals surface area contributed by atoms with Crippen LogP contribution < -0.4 is 24.8 Å². The molecule has 0 bridgehead atoms. The van der Waals surface area contributed by atoms with E-state index in [0.717, 1.165) is 5.56 Å². The van der Waals surface area contributed by atoms with E-state index in [1.165, 1.54) is 18.9 Å². The van der Waals surface area contributed by atoms with Crippen LogP contribution in [0.5, 0.6) is 17.2 Å². The van der Waals surface area contributed by atoms with Gasteiger partial charge >= 0.3 is 0 Å². The van der Waals surface area contributed by atoms with E-state index in [1.54, 1.807) is 37.4 Å². The third-order valence-corrected chi connectivity index (χ3v) is 4.87. The molecule has 2 aromatic carbocycles. The number of carbonyl (C=O) groups excluding carboxylic acids is 2. The van der Waals surface area contributed by atoms with Crippen molar-refractivity contribution in [1.82, 2.24) is 14.8 Å². The third kappa shape index (κ3) is 4.00. The Kier molecular flexibility index (Phi) is 5.44. The second-order valence-corrected chi connectivity index (χ2v) is 6.76. The Hall–Kier alpha value is -4.08. The quantitative estimate of drug-likeness (QED) is 0.600. The Morgan fingerprint density at radius 1 is 1.06 bits per heavy atom. The van der Waals surface area contributed by atoms with Gasteiger partial charge in [0, 0.05) is 11.6 Å². The van der Waals surface area contributed by atoms with E-state index in [0.29, 0.717) is 34.7 Å². The highest BCUT2D eigenvalue weighted by Crippen LogP contribution is 2.31. The predicted octanol–water partition coefficient (Wildman–Crippen LogP) is 2.49. The van der Waals surface area contributed by atoms with Crippen molar-refractivity contribution in [2.24, 2.45) is 0 Å². The zero-order valence-electron chi connectivity index (χ0n) is 17.2. The Balaban J connectivity index is 1.52. The molecule has 1 unspecified atom stereocenters. The van der Waals surface area contributed by atoms with Gasteiger partial charge in [0.2, 0.25) is 11.9 Å². The zero-order chi connectivity index (χ0) is 22.0. The van der Waals surface area contributed by atoms with Crippen LogP contribution in [0, 0.1) is 0 Å². The molecular formula is C21H21N5O5. The zero-order valence-corrected chi connectivity index (χ0v) is 17.2. The summed E-state index contributed by atoms with van der Waals surface area (Å²) in [5.41, 5.74) is 1.21. The van der Waals surface area contributed by atoms with Gasteiger partial charge in [-0.05, 0) is 36.4 Å². The first kappa shape index (κ1) is 20.2. The number of hydrogen-bond acceptors (Lipinski definition) is 7. The number of nitrogens with zero attached hydrogens (tertiary/aromatic N) is 3. The molecule has 1 aromatic heterocycles. The van der Waals surface area contributed by atoms with Crippen LogP contribution in [0.15, 0.2) is 42.5 Å². The topological polar surface area (TPSA) is 117 Å². The highest BCUT2D eigenvalue weighted by molar-refractivity contribution is 6.01. The monoisotopic (exact) mass is 423 g/mol. The summed E-state index contributed by atoms with van der Waals surface area (Å²) in [6, 6.07) is 11.5. The third-order valence-electron chi connectivity index (χ3n) is 4.87. The van der Waals surface area contributed by atoms with Gasteiger partial charge in [0.15, 0.2) is 5.82 Å². The van der Waals surface area contributed by atoms with Crippen LogP contribution in [0.25, 0.3) is 11.4 Å². The van der Waals surface area contributed by atoms with Crippen molar-refractivity contribution in [2.45, 2.75) is 12.5 Å². The average Bonchev–Trinajstić information content (AvgIpc) is 3.32. The first-order chi connectivity index (χ1) is 15.0. The molecular weight excluding hydrogens is 402 g/mol. The maximum Gasteiger partial charge on any atom is 0.252 e. The number of aromatic nitrogens is 3. The van der Waals surface area contributed by atoms with Crippen molar-refractivity contribution >= 4 is 23.5 Å². The molecule has 31 heavy (non-hydrogen) atoms. The molecule has 2 heterocycles. The molecule has 0 radical (unpaired) electrons. The summed E-state index contributed by atoms with van der Waals surface area (Å²) in [5.74, 6) is 1.78. The van der Waals surface area contributed by atoms with Crippen LogP contribution in [-0.4, -0.2) is 47.9 Å². The predicted molar refractivity (Wildman–Crippen MR) is 112 cm³/mol. The van der Waals surface area contributed by atoms with E-state index >= 15 is 0 Å². The van der Waals surface area contributed by atoms with Gasteiger partial charge < -0.3 is 19.5 Å². The fourth-order valence-corrected chi connectivity index (χ4v) is 3.26. The Morgan fingerprint density at radius 3 is 2.45 bits per heavy atom. The van der Waals surface area contributed by atoms with Gasteiger partial charge in [0.25, 0.3) is 5.91 Å². The first-order valence-corrected chi connectivity index (χ1v) is 9.46. The number of ether oxygens (including phenoxy) is 3. The van der Waals surface area contributed by atoms with E-state index < -0.39 is 6.04 Å². The molecule has 1 atom stereocenters. The molecule has 0 saturated carbocycles. The first-order valence-electron chi connectivity index (χ1n) is 9.46. The summed E-state index contributed by atoms with van der Waals surface area (Å²) < 4.78 is 17.1. The molecule has 2 N–H and O–H groups in total. The molecule has 0 saturated heterocycles. The molecule has 1 aliphatic heterocycles. The van der Waals surface area contributed by atoms with E-state index in [-0.39, 0.29) is 18.2 Å². The summed E-state index contributed by atoms with van der Waals surface area (Å²) >= 11 is 0. The van der Waals surface area contributed by atoms with E-state index in [4.69, 9.17) is 14.2 Å². The van der Waals surface area contributed by atoms with Crippen molar-refractivity contribution < 1.29 is 23.8 Å². The molecule has 10 nitrogen and oxygen atoms in total. The highest BCUT2D eigenvalue weighted by Gasteiger charge is 2.35. The largest absolute Gasteiger partial charge is 0.497 e. The van der Waals surface area contributed by atoms with Crippen molar-refractivity contribution in [3.05, 3.63) is 42.5 Å². The summed E-state index contributed by atoms with van der Waals surface area (Å²) in [6.45, 7) is 0. The van der Waals surface area contributed by atoms with Crippen molar-refractivity contribution in [1.29, 1.82) is 0 Å². The van der Waals surface area contributed by atoms with Crippen LogP contribution in [0.4, 0.5) is 11.6 Å². The SMILES string of the molecule is COc1ccc(-c2nc3n(n2)C(CC(=O)Nc2cc(OC)ccc2OC)C(=O)N3)cc1. The second kappa shape index (κ2) is 8.34. The number of amides is 2. The minimum atomic E-state index is -0.814. The van der Waals surface area contributed by atoms with Gasteiger partial charge in [-0.2, -0.15) is 4.98 Å². The number of carbonyl (C=O) groups is 2. The van der Waals surface area contributed by atoms with Gasteiger partial charge in [-0.15, -0.1) is 5.10 Å². The molecule has 0 spiro atoms. The fourth-order valence-electron chi connectivity index (χ4n) is 3.26. The van der Waals surface area contributed by atoms with Crippen LogP contribution >= 0.6 is 0 Å². The number of nitrogens with one attached hydrogen (secondary N) is 2. The average molecular weight is 423 g/mol. The maximum atomic E-state index is 12.7. The van der Waals surface area contributed by atoms with E-state index in [9.17, 15) is 9.59 Å². The molecule has 4 rings (SSSR count). The van der Waals surface area contributed by atoms with Crippen molar-refractivity contribution in [2.75, 3.05) is 32.0 Å². The Labute approximate surface area is 178 Å². The molecule has 2 amide bonds. The normalized spacial score (nSPS) is 14.5. The Bertz CT molecular complexity index is 1130. The van der Waals surface area contributed by atoms with Crippen LogP contribution in [0.2, 0.25) is 0 Å². The van der Waals surface area contributed by atoms with Crippen LogP contribution in [-0.2, 0) is 9.59 Å². The summed E-state index contributed by atoms with van der Waals surface area (Å²) in [7, 11) is 4.62. The van der Waals surface area contributed by atoms with Gasteiger partial charge in [0.05, 0.1) is 33.4 Å². The Morgan fingerprint density at radius 2 is 1.77 bits per heavy atom. The van der Waals surface area contributed by atoms with Gasteiger partial charge in [-0.25, -0.2) is 4.68 Å². The lowest BCUT2D eigenvalue weighted by Gasteiger charge is -2.13. The lowest BCUT2D eigenvalue weighted by molar-refractivity contribution is -0.123. The van der Waals surface area contributed by atoms with E-state index in [1.807, 2.05) is 12.1 Å². The molecule has 0 fully saturated rings. The second-order valence-electron chi connectivity index (χ2n) is 6.76. The minimum absolute atomic E-state index is 0.120. The lowest BCUT2D eigenvalue weighted by atomic mass is 10.2. The summed E-state index contributed by atoms with van der Waals surface area (Å²) in [6.07, 6.45) is -0.120. The van der Waals surface area contributed by atoms with E-state index in [2.05, 4.69) is 20.7 Å². The molecule has 160 valence electrons. The molecule has 0 aliphatic carbocycles. The molecule has 10 heteroatoms. The van der Waals surface area contributed by atoms with Crippen LogP contribution in [0.1, 0.15) is 12.5 Å². The lowest BCUT2D eigenvalue weighted by Crippen LogP contribution is -2.24. The van der Waals surface area contributed by atoms with Crippen molar-refractivity contribution in [3.63, 3.8) is 0 Å². The van der Waals surface area contributed by atoms with Crippen molar-refractivity contribution in [3.8, 4) is 28.6 Å². The number of benzene rings is 2. The number of anilines is 2. The molecule has 3 aromatic rings. The number of hydrogen-bond donors (Lipinski definition) is 2.